The molecule has 0 aliphatic carbocycles. The molecule has 7 nitrogen and oxygen atoms in total. The van der Waals surface area contributed by atoms with Crippen molar-refractivity contribution in [1.82, 2.24) is 4.90 Å². The fourth-order valence-corrected chi connectivity index (χ4v) is 5.88. The number of para-hydroxylation sites is 1. The molecule has 35 heavy (non-hydrogen) atoms. The normalized spacial score (nSPS) is 24.5. The number of amides is 2. The Morgan fingerprint density at radius 3 is 2.34 bits per heavy atom. The molecule has 3 aliphatic rings. The van der Waals surface area contributed by atoms with Gasteiger partial charge in [-0.15, -0.1) is 0 Å². The van der Waals surface area contributed by atoms with E-state index in [0.717, 1.165) is 50.4 Å². The van der Waals surface area contributed by atoms with Crippen molar-refractivity contribution in [2.24, 2.45) is 11.3 Å². The first-order chi connectivity index (χ1) is 16.7. The molecule has 2 saturated heterocycles. The van der Waals surface area contributed by atoms with Crippen LogP contribution in [0.5, 0.6) is 5.75 Å². The van der Waals surface area contributed by atoms with E-state index in [9.17, 15) is 9.59 Å². The van der Waals surface area contributed by atoms with Crippen molar-refractivity contribution in [3.63, 3.8) is 0 Å². The third-order valence-corrected chi connectivity index (χ3v) is 7.85. The molecule has 0 radical (unpaired) electrons. The molecule has 2 fully saturated rings. The highest BCUT2D eigenvalue weighted by Crippen LogP contribution is 2.55. The Morgan fingerprint density at radius 2 is 1.66 bits per heavy atom. The molecule has 5 rings (SSSR count). The lowest BCUT2D eigenvalue weighted by molar-refractivity contribution is -0.174. The largest absolute Gasteiger partial charge is 0.487 e. The number of nitrogens with one attached hydrogen (secondary N) is 2. The van der Waals surface area contributed by atoms with Crippen LogP contribution in [0.1, 0.15) is 51.7 Å². The van der Waals surface area contributed by atoms with Gasteiger partial charge in [-0.25, -0.2) is 0 Å². The Bertz CT molecular complexity index is 1090. The van der Waals surface area contributed by atoms with Crippen LogP contribution in [-0.2, 0) is 14.3 Å². The summed E-state index contributed by atoms with van der Waals surface area (Å²) in [5, 5.41) is 5.69. The molecular formula is C28H35N3O4. The molecule has 3 aliphatic heterocycles. The summed E-state index contributed by atoms with van der Waals surface area (Å²) in [5.41, 5.74) is 2.47. The fourth-order valence-electron chi connectivity index (χ4n) is 5.88. The third kappa shape index (κ3) is 5.07. The molecule has 2 aromatic rings. The fraction of sp³-hybridized carbons (Fsp3) is 0.500. The van der Waals surface area contributed by atoms with Gasteiger partial charge >= 0.3 is 0 Å². The van der Waals surface area contributed by atoms with Gasteiger partial charge in [0.15, 0.2) is 0 Å². The Hall–Kier alpha value is -2.90. The first-order valence-electron chi connectivity index (χ1n) is 12.5. The number of ether oxygens (including phenoxy) is 2. The van der Waals surface area contributed by atoms with Gasteiger partial charge in [-0.05, 0) is 81.9 Å². The van der Waals surface area contributed by atoms with Gasteiger partial charge in [0, 0.05) is 29.8 Å². The minimum atomic E-state index is -0.279. The molecule has 0 bridgehead atoms. The zero-order chi connectivity index (χ0) is 24.6. The van der Waals surface area contributed by atoms with Crippen LogP contribution in [0.15, 0.2) is 48.5 Å². The first kappa shape index (κ1) is 23.8. The number of hydrogen-bond acceptors (Lipinski definition) is 5. The maximum atomic E-state index is 12.6. The second-order valence-electron chi connectivity index (χ2n) is 10.9. The second-order valence-corrected chi connectivity index (χ2v) is 10.9. The van der Waals surface area contributed by atoms with E-state index < -0.39 is 0 Å². The van der Waals surface area contributed by atoms with Crippen LogP contribution >= 0.6 is 0 Å². The lowest BCUT2D eigenvalue weighted by Gasteiger charge is -2.54. The highest BCUT2D eigenvalue weighted by molar-refractivity contribution is 5.93. The van der Waals surface area contributed by atoms with Crippen molar-refractivity contribution in [2.45, 2.75) is 51.7 Å². The molecule has 1 spiro atoms. The van der Waals surface area contributed by atoms with Gasteiger partial charge < -0.3 is 20.1 Å². The van der Waals surface area contributed by atoms with Crippen LogP contribution < -0.4 is 15.4 Å². The molecule has 2 amide bonds. The minimum absolute atomic E-state index is 0.0217. The Kier molecular flexibility index (Phi) is 6.32. The zero-order valence-corrected chi connectivity index (χ0v) is 20.8. The number of carbonyl (C=O) groups excluding carboxylic acids is 2. The molecule has 2 atom stereocenters. The zero-order valence-electron chi connectivity index (χ0n) is 20.8. The number of fused-ring (bicyclic) bond motifs is 3. The van der Waals surface area contributed by atoms with Crippen molar-refractivity contribution in [3.05, 3.63) is 54.1 Å². The topological polar surface area (TPSA) is 79.9 Å². The van der Waals surface area contributed by atoms with E-state index in [1.54, 1.807) is 24.3 Å². The average Bonchev–Trinajstić information content (AvgIpc) is 2.82. The number of nitrogens with zero attached hydrogens (tertiary/aromatic N) is 1. The number of anilines is 2. The predicted molar refractivity (Wildman–Crippen MR) is 135 cm³/mol. The molecule has 7 heteroatoms. The van der Waals surface area contributed by atoms with E-state index in [0.29, 0.717) is 18.2 Å². The van der Waals surface area contributed by atoms with E-state index in [2.05, 4.69) is 41.5 Å². The minimum Gasteiger partial charge on any atom is -0.487 e. The Morgan fingerprint density at radius 1 is 1.00 bits per heavy atom. The van der Waals surface area contributed by atoms with Crippen LogP contribution in [0, 0.1) is 11.3 Å². The van der Waals surface area contributed by atoms with Gasteiger partial charge in [0.25, 0.3) is 0 Å². The molecule has 2 N–H and O–H groups in total. The van der Waals surface area contributed by atoms with Gasteiger partial charge in [0.2, 0.25) is 11.8 Å². The number of piperidine rings is 1. The van der Waals surface area contributed by atoms with Gasteiger partial charge in [-0.1, -0.05) is 18.2 Å². The maximum absolute atomic E-state index is 12.6. The molecule has 0 unspecified atom stereocenters. The van der Waals surface area contributed by atoms with Crippen molar-refractivity contribution in [2.75, 3.05) is 36.9 Å². The number of benzene rings is 2. The molecule has 186 valence electrons. The third-order valence-electron chi connectivity index (χ3n) is 7.85. The highest BCUT2D eigenvalue weighted by atomic mass is 16.5. The molecular weight excluding hydrogens is 442 g/mol. The van der Waals surface area contributed by atoms with Crippen LogP contribution in [0.2, 0.25) is 0 Å². The summed E-state index contributed by atoms with van der Waals surface area (Å²) in [7, 11) is 0. The lowest BCUT2D eigenvalue weighted by Crippen LogP contribution is -2.54. The number of carbonyl (C=O) groups is 2. The molecule has 0 aromatic heterocycles. The van der Waals surface area contributed by atoms with E-state index in [1.165, 1.54) is 12.5 Å². The Balaban J connectivity index is 1.16. The number of hydrogen-bond donors (Lipinski definition) is 2. The quantitative estimate of drug-likeness (QED) is 0.672. The smallest absolute Gasteiger partial charge is 0.238 e. The summed E-state index contributed by atoms with van der Waals surface area (Å²) >= 11 is 0. The van der Waals surface area contributed by atoms with Gasteiger partial charge in [-0.3, -0.25) is 14.5 Å². The molecule has 0 saturated carbocycles. The van der Waals surface area contributed by atoms with E-state index in [1.807, 2.05) is 12.1 Å². The van der Waals surface area contributed by atoms with Crippen molar-refractivity contribution < 1.29 is 19.1 Å². The summed E-state index contributed by atoms with van der Waals surface area (Å²) in [4.78, 5) is 26.0. The van der Waals surface area contributed by atoms with Crippen LogP contribution in [0.25, 0.3) is 0 Å². The SMILES string of the molecule is CC(=O)Nc1ccc(NC(=O)CN2CCC3(CC2)CO[C@@H]2c4ccccc4OC(C)(C)[C@H]2C3)cc1. The summed E-state index contributed by atoms with van der Waals surface area (Å²) in [5.74, 6) is 1.11. The van der Waals surface area contributed by atoms with Gasteiger partial charge in [0.1, 0.15) is 11.4 Å². The van der Waals surface area contributed by atoms with Crippen molar-refractivity contribution >= 4 is 23.2 Å². The second kappa shape index (κ2) is 9.28. The number of rotatable bonds is 4. The van der Waals surface area contributed by atoms with Crippen molar-refractivity contribution in [3.8, 4) is 5.75 Å². The first-order valence-corrected chi connectivity index (χ1v) is 12.5. The standard InChI is InChI=1S/C28H35N3O4/c1-19(32)29-20-8-10-21(11-9-20)30-25(33)17-31-14-12-28(13-15-31)16-23-26(34-18-28)22-6-4-5-7-24(22)35-27(23,2)3/h4-11,23,26H,12-18H2,1-3H3,(H,29,32)(H,30,33)/t23-,26+/m0/s1. The Labute approximate surface area is 207 Å². The molecule has 3 heterocycles. The van der Waals surface area contributed by atoms with Gasteiger partial charge in [-0.2, -0.15) is 0 Å². The predicted octanol–water partition coefficient (Wildman–Crippen LogP) is 4.61. The van der Waals surface area contributed by atoms with Crippen molar-refractivity contribution in [1.29, 1.82) is 0 Å². The summed E-state index contributed by atoms with van der Waals surface area (Å²) in [6, 6.07) is 15.4. The lowest BCUT2D eigenvalue weighted by atomic mass is 9.64. The van der Waals surface area contributed by atoms with E-state index >= 15 is 0 Å². The van der Waals surface area contributed by atoms with E-state index in [-0.39, 0.29) is 28.9 Å². The van der Waals surface area contributed by atoms with Crippen LogP contribution in [0.3, 0.4) is 0 Å². The maximum Gasteiger partial charge on any atom is 0.238 e. The van der Waals surface area contributed by atoms with Crippen LogP contribution in [-0.4, -0.2) is 48.6 Å². The summed E-state index contributed by atoms with van der Waals surface area (Å²) in [6.45, 7) is 8.74. The summed E-state index contributed by atoms with van der Waals surface area (Å²) < 4.78 is 13.0. The highest BCUT2D eigenvalue weighted by Gasteiger charge is 2.52. The average molecular weight is 478 g/mol. The number of likely N-dealkylation sites (tertiary alicyclic amines) is 1. The van der Waals surface area contributed by atoms with E-state index in [4.69, 9.17) is 9.47 Å². The van der Waals surface area contributed by atoms with Gasteiger partial charge in [0.05, 0.1) is 19.3 Å². The van der Waals surface area contributed by atoms with Crippen LogP contribution in [0.4, 0.5) is 11.4 Å². The summed E-state index contributed by atoms with van der Waals surface area (Å²) in [6.07, 6.45) is 3.21. The monoisotopic (exact) mass is 477 g/mol. The molecule has 2 aromatic carbocycles.